The second-order valence-corrected chi connectivity index (χ2v) is 21.1. The molecule has 0 spiro atoms. The van der Waals surface area contributed by atoms with E-state index in [1.807, 2.05) is 20.8 Å². The van der Waals surface area contributed by atoms with Crippen LogP contribution in [0.1, 0.15) is 116 Å². The van der Waals surface area contributed by atoms with Crippen molar-refractivity contribution < 1.29 is 87.3 Å². The van der Waals surface area contributed by atoms with Crippen molar-refractivity contribution >= 4 is 17.7 Å². The number of ether oxygens (including phenoxy) is 10. The fourth-order valence-corrected chi connectivity index (χ4v) is 10.5. The van der Waals surface area contributed by atoms with E-state index in [0.717, 1.165) is 0 Å². The Labute approximate surface area is 397 Å². The van der Waals surface area contributed by atoms with Crippen LogP contribution in [0.2, 0.25) is 0 Å². The molecule has 0 aromatic heterocycles. The first kappa shape index (κ1) is 57.4. The van der Waals surface area contributed by atoms with E-state index in [2.05, 4.69) is 6.58 Å². The summed E-state index contributed by atoms with van der Waals surface area (Å²) < 4.78 is 61.9. The van der Waals surface area contributed by atoms with Crippen molar-refractivity contribution in [2.45, 2.75) is 219 Å². The van der Waals surface area contributed by atoms with E-state index >= 15 is 0 Å². The van der Waals surface area contributed by atoms with E-state index in [1.165, 1.54) is 28.1 Å². The van der Waals surface area contributed by atoms with Gasteiger partial charge in [-0.2, -0.15) is 0 Å². The highest BCUT2D eigenvalue weighted by Gasteiger charge is 2.52. The first-order chi connectivity index (χ1) is 31.1. The average Bonchev–Trinajstić information content (AvgIpc) is 3.24. The molecule has 0 aliphatic carbocycles. The van der Waals surface area contributed by atoms with Crippen LogP contribution < -0.4 is 0 Å². The molecule has 388 valence electrons. The molecule has 4 fully saturated rings. The smallest absolute Gasteiger partial charge is 0.311 e. The number of hydrogen-bond acceptors (Lipinski definition) is 18. The van der Waals surface area contributed by atoms with Crippen molar-refractivity contribution in [2.75, 3.05) is 20.8 Å². The van der Waals surface area contributed by atoms with Gasteiger partial charge in [-0.3, -0.25) is 14.4 Å². The molecule has 4 heterocycles. The number of aliphatic hydroxyl groups excluding tert-OH is 3. The number of Topliss-reactive ketones (excluding diaryl/α,β-unsaturated/α-hetero) is 1. The van der Waals surface area contributed by atoms with E-state index in [1.54, 1.807) is 55.4 Å². The number of hydrogen-bond donors (Lipinski definition) is 5. The van der Waals surface area contributed by atoms with Gasteiger partial charge in [0.2, 0.25) is 0 Å². The lowest BCUT2D eigenvalue weighted by Crippen LogP contribution is -2.59. The number of carbonyl (C=O) groups excluding carboxylic acids is 3. The van der Waals surface area contributed by atoms with Crippen LogP contribution in [0.5, 0.6) is 0 Å². The zero-order valence-electron chi connectivity index (χ0n) is 42.5. The Hall–Kier alpha value is -2.17. The molecule has 4 rings (SSSR count). The monoisotopic (exact) mass is 961 g/mol. The highest BCUT2D eigenvalue weighted by Crippen LogP contribution is 2.40. The van der Waals surface area contributed by atoms with Crippen LogP contribution in [0.15, 0.2) is 12.2 Å². The summed E-state index contributed by atoms with van der Waals surface area (Å²) in [6.07, 6.45) is -14.8. The molecule has 5 N–H and O–H groups in total. The van der Waals surface area contributed by atoms with Gasteiger partial charge in [0.25, 0.3) is 0 Å². The third kappa shape index (κ3) is 13.8. The average molecular weight is 961 g/mol. The molecular formula is C49H84O18. The van der Waals surface area contributed by atoms with Gasteiger partial charge in [0.15, 0.2) is 24.7 Å². The first-order valence-corrected chi connectivity index (χ1v) is 24.1. The zero-order chi connectivity index (χ0) is 50.6. The molecular weight excluding hydrogens is 877 g/mol. The summed E-state index contributed by atoms with van der Waals surface area (Å²) in [5, 5.41) is 56.4. The van der Waals surface area contributed by atoms with Gasteiger partial charge >= 0.3 is 11.9 Å². The van der Waals surface area contributed by atoms with Crippen LogP contribution in [-0.4, -0.2) is 167 Å². The van der Waals surface area contributed by atoms with Gasteiger partial charge in [-0.1, -0.05) is 55.0 Å². The lowest BCUT2D eigenvalue weighted by Gasteiger charge is -2.46. The Kier molecular flexibility index (Phi) is 20.4. The Bertz CT molecular complexity index is 1640. The molecule has 18 heteroatoms. The molecule has 67 heavy (non-hydrogen) atoms. The summed E-state index contributed by atoms with van der Waals surface area (Å²) in [6, 6.07) is 0. The number of esters is 2. The molecule has 4 saturated heterocycles. The third-order valence-electron chi connectivity index (χ3n) is 14.4. The van der Waals surface area contributed by atoms with Crippen LogP contribution in [-0.2, 0) is 61.8 Å². The number of carbonyl (C=O) groups is 3. The first-order valence-electron chi connectivity index (χ1n) is 24.1. The maximum Gasteiger partial charge on any atom is 0.311 e. The lowest BCUT2D eigenvalue weighted by atomic mass is 9.74. The standard InChI is InChI=1S/C49H84O18/c1-22(2)17-33(50)64-39-28(8)38(25(5)21-60-47-42(59-16)41(58-15)36(52)31(11)63-47)66-45(55)30(10)40(65-34-20-49(14,57)44(54)32(12)62-34)27(7)37(24(4)19-48(13,56)43(53)29(39)9)67-46-35(51)23(3)18-26(6)61-46/h22,24-32,34-42,44,46-47,51-52,54,56-57H,3,17-21H2,1-2,4-16H3/t24-,25-,26+,27+,28-,29+,30+,31+,32-,34-,35+,36+,37-,38+,39+,40-,41+,42+,44-,46-,47+,48-,49+/m0/s1. The summed E-state index contributed by atoms with van der Waals surface area (Å²) in [4.78, 5) is 43.3. The minimum atomic E-state index is -2.04. The molecule has 0 saturated carbocycles. The van der Waals surface area contributed by atoms with Gasteiger partial charge in [0, 0.05) is 44.8 Å². The Balaban J connectivity index is 1.86. The number of aliphatic hydroxyl groups is 5. The van der Waals surface area contributed by atoms with E-state index in [-0.39, 0.29) is 37.9 Å². The van der Waals surface area contributed by atoms with Gasteiger partial charge in [-0.05, 0) is 71.8 Å². The van der Waals surface area contributed by atoms with E-state index in [4.69, 9.17) is 47.4 Å². The molecule has 0 amide bonds. The fraction of sp³-hybridized carbons (Fsp3) is 0.898. The Morgan fingerprint density at radius 1 is 0.776 bits per heavy atom. The highest BCUT2D eigenvalue weighted by molar-refractivity contribution is 5.89. The predicted octanol–water partition coefficient (Wildman–Crippen LogP) is 3.62. The summed E-state index contributed by atoms with van der Waals surface area (Å²) in [7, 11) is 2.88. The molecule has 0 radical (unpaired) electrons. The minimum Gasteiger partial charge on any atom is -0.461 e. The van der Waals surface area contributed by atoms with Crippen LogP contribution >= 0.6 is 0 Å². The molecule has 0 unspecified atom stereocenters. The number of methoxy groups -OCH3 is 2. The van der Waals surface area contributed by atoms with E-state index < -0.39 is 150 Å². The summed E-state index contributed by atoms with van der Waals surface area (Å²) in [5.41, 5.74) is -3.18. The SMILES string of the molecule is C=C1C[C@@H](C)O[C@@H](O[C@@H]2[C@@H](C)[C@H](O[C@H]3C[C@@](C)(O)[C@@H](O)[C@H](C)O3)[C@@H](C)C(=O)O[C@H]([C@@H](C)CO[C@@H]3O[C@H](C)[C@@H](O)[C@@H](OC)[C@H]3OC)[C@H](C)[C@@H](OC(=O)CC(C)C)[C@@H](C)C(=O)[C@@](C)(O)C[C@@H]2C)[C@@H]1O. The highest BCUT2D eigenvalue weighted by atomic mass is 16.7. The number of cyclic esters (lactones) is 1. The van der Waals surface area contributed by atoms with Crippen molar-refractivity contribution in [1.82, 2.24) is 0 Å². The molecule has 0 aromatic rings. The second kappa shape index (κ2) is 23.8. The lowest BCUT2D eigenvalue weighted by molar-refractivity contribution is -0.305. The number of rotatable bonds is 13. The van der Waals surface area contributed by atoms with Gasteiger partial charge in [0.1, 0.15) is 48.3 Å². The van der Waals surface area contributed by atoms with Crippen molar-refractivity contribution in [2.24, 2.45) is 41.4 Å². The molecule has 23 atom stereocenters. The third-order valence-corrected chi connectivity index (χ3v) is 14.4. The summed E-state index contributed by atoms with van der Waals surface area (Å²) >= 11 is 0. The van der Waals surface area contributed by atoms with Crippen molar-refractivity contribution in [3.05, 3.63) is 12.2 Å². The summed E-state index contributed by atoms with van der Waals surface area (Å²) in [5.74, 6) is -7.37. The minimum absolute atomic E-state index is 0.0294. The predicted molar refractivity (Wildman–Crippen MR) is 242 cm³/mol. The topological polar surface area (TPSA) is 245 Å². The molecule has 4 aliphatic rings. The van der Waals surface area contributed by atoms with Crippen molar-refractivity contribution in [3.8, 4) is 0 Å². The Morgan fingerprint density at radius 2 is 1.40 bits per heavy atom. The quantitative estimate of drug-likeness (QED) is 0.131. The Morgan fingerprint density at radius 3 is 1.99 bits per heavy atom. The van der Waals surface area contributed by atoms with E-state index in [0.29, 0.717) is 12.0 Å². The molecule has 18 nitrogen and oxygen atoms in total. The van der Waals surface area contributed by atoms with Gasteiger partial charge in [0.05, 0.1) is 54.6 Å². The maximum absolute atomic E-state index is 15.0. The molecule has 0 bridgehead atoms. The summed E-state index contributed by atoms with van der Waals surface area (Å²) in [6.45, 7) is 25.8. The van der Waals surface area contributed by atoms with Gasteiger partial charge in [-0.15, -0.1) is 0 Å². The van der Waals surface area contributed by atoms with Crippen LogP contribution in [0.25, 0.3) is 0 Å². The van der Waals surface area contributed by atoms with Crippen LogP contribution in [0.3, 0.4) is 0 Å². The second-order valence-electron chi connectivity index (χ2n) is 21.1. The molecule has 0 aromatic carbocycles. The van der Waals surface area contributed by atoms with Crippen molar-refractivity contribution in [1.29, 1.82) is 0 Å². The molecule has 4 aliphatic heterocycles. The normalized spacial score (nSPS) is 45.8. The van der Waals surface area contributed by atoms with Crippen LogP contribution in [0.4, 0.5) is 0 Å². The van der Waals surface area contributed by atoms with Crippen molar-refractivity contribution in [3.63, 3.8) is 0 Å². The van der Waals surface area contributed by atoms with E-state index in [9.17, 15) is 39.9 Å². The number of ketones is 1. The van der Waals surface area contributed by atoms with Gasteiger partial charge in [-0.25, -0.2) is 0 Å². The largest absolute Gasteiger partial charge is 0.461 e. The fourth-order valence-electron chi connectivity index (χ4n) is 10.5. The maximum atomic E-state index is 15.0. The van der Waals surface area contributed by atoms with Crippen LogP contribution in [0, 0.1) is 41.4 Å². The van der Waals surface area contributed by atoms with Gasteiger partial charge < -0.3 is 72.9 Å². The zero-order valence-corrected chi connectivity index (χ0v) is 42.5.